The molecule has 7 heteroatoms. The minimum Gasteiger partial charge on any atom is -0.507 e. The van der Waals surface area contributed by atoms with E-state index in [2.05, 4.69) is 44.3 Å². The van der Waals surface area contributed by atoms with Crippen LogP contribution in [-0.2, 0) is 6.54 Å². The van der Waals surface area contributed by atoms with Crippen LogP contribution in [0.3, 0.4) is 0 Å². The summed E-state index contributed by atoms with van der Waals surface area (Å²) in [5, 5.41) is 18.5. The van der Waals surface area contributed by atoms with Crippen LogP contribution in [0.5, 0.6) is 5.75 Å². The van der Waals surface area contributed by atoms with E-state index in [9.17, 15) is 5.11 Å². The fourth-order valence-corrected chi connectivity index (χ4v) is 5.04. The zero-order chi connectivity index (χ0) is 25.9. The third-order valence-corrected chi connectivity index (χ3v) is 7.32. The summed E-state index contributed by atoms with van der Waals surface area (Å²) in [7, 11) is 0. The third kappa shape index (κ3) is 7.99. The van der Waals surface area contributed by atoms with Crippen LogP contribution in [0.2, 0.25) is 0 Å². The van der Waals surface area contributed by atoms with Gasteiger partial charge in [0.2, 0.25) is 0 Å². The lowest BCUT2D eigenvalue weighted by Gasteiger charge is -2.34. The molecule has 0 bridgehead atoms. The SMILES string of the molecule is NCCCCCCCCCN1CCN(Cc2ccc(-c3cc(-c4ccccc4O)nnc3N)cc2)CC1. The van der Waals surface area contributed by atoms with E-state index in [4.69, 9.17) is 11.5 Å². The van der Waals surface area contributed by atoms with Gasteiger partial charge in [0.05, 0.1) is 5.69 Å². The maximum Gasteiger partial charge on any atom is 0.154 e. The molecule has 0 spiro atoms. The molecule has 0 saturated carbocycles. The molecule has 1 aliphatic heterocycles. The number of unbranched alkanes of at least 4 members (excludes halogenated alkanes) is 6. The molecular formula is C30H42N6O. The Hall–Kier alpha value is -3.00. The Morgan fingerprint density at radius 1 is 0.730 bits per heavy atom. The maximum atomic E-state index is 10.2. The van der Waals surface area contributed by atoms with E-state index in [1.165, 1.54) is 57.1 Å². The van der Waals surface area contributed by atoms with Crippen molar-refractivity contribution in [3.63, 3.8) is 0 Å². The average Bonchev–Trinajstić information content (AvgIpc) is 2.92. The lowest BCUT2D eigenvalue weighted by molar-refractivity contribution is 0.125. The van der Waals surface area contributed by atoms with E-state index < -0.39 is 0 Å². The number of phenols is 1. The zero-order valence-electron chi connectivity index (χ0n) is 22.0. The van der Waals surface area contributed by atoms with Gasteiger partial charge in [-0.05, 0) is 55.3 Å². The number of piperazine rings is 1. The normalized spacial score (nSPS) is 14.7. The summed E-state index contributed by atoms with van der Waals surface area (Å²) in [4.78, 5) is 5.16. The van der Waals surface area contributed by atoms with Crippen molar-refractivity contribution in [3.8, 4) is 28.1 Å². The minimum absolute atomic E-state index is 0.178. The van der Waals surface area contributed by atoms with Crippen molar-refractivity contribution in [2.75, 3.05) is 45.0 Å². The van der Waals surface area contributed by atoms with Crippen LogP contribution in [-0.4, -0.2) is 64.4 Å². The molecule has 5 N–H and O–H groups in total. The number of benzene rings is 2. The molecule has 0 aliphatic carbocycles. The highest BCUT2D eigenvalue weighted by atomic mass is 16.3. The van der Waals surface area contributed by atoms with Gasteiger partial charge in [0, 0.05) is 43.9 Å². The van der Waals surface area contributed by atoms with Crippen LogP contribution in [0.4, 0.5) is 5.82 Å². The summed E-state index contributed by atoms with van der Waals surface area (Å²) in [6.45, 7) is 7.57. The summed E-state index contributed by atoms with van der Waals surface area (Å²) in [6.07, 6.45) is 9.18. The Labute approximate surface area is 221 Å². The van der Waals surface area contributed by atoms with Gasteiger partial charge in [-0.25, -0.2) is 0 Å². The number of hydrogen-bond donors (Lipinski definition) is 3. The Kier molecular flexibility index (Phi) is 10.3. The number of aromatic nitrogens is 2. The number of anilines is 1. The standard InChI is InChI=1S/C30H42N6O/c31-16-8-4-2-1-3-5-9-17-35-18-20-36(21-19-35)23-24-12-14-25(15-13-24)27-22-28(33-34-30(27)32)26-10-6-7-11-29(26)37/h6-7,10-15,22,37H,1-5,8-9,16-21,23,31H2,(H2,32,34). The molecule has 2 aromatic carbocycles. The second-order valence-electron chi connectivity index (χ2n) is 10.1. The van der Waals surface area contributed by atoms with E-state index in [0.29, 0.717) is 17.1 Å². The van der Waals surface area contributed by atoms with Gasteiger partial charge in [0.1, 0.15) is 5.75 Å². The molecule has 1 aliphatic rings. The molecule has 1 fully saturated rings. The highest BCUT2D eigenvalue weighted by molar-refractivity contribution is 5.79. The summed E-state index contributed by atoms with van der Waals surface area (Å²) in [5.41, 5.74) is 16.1. The van der Waals surface area contributed by atoms with Crippen LogP contribution in [0.1, 0.15) is 50.5 Å². The smallest absolute Gasteiger partial charge is 0.154 e. The molecule has 0 radical (unpaired) electrons. The second kappa shape index (κ2) is 14.1. The molecule has 198 valence electrons. The Bertz CT molecular complexity index is 1100. The van der Waals surface area contributed by atoms with Gasteiger partial charge in [-0.2, -0.15) is 0 Å². The Morgan fingerprint density at radius 2 is 1.38 bits per heavy atom. The van der Waals surface area contributed by atoms with Gasteiger partial charge in [0.15, 0.2) is 5.82 Å². The van der Waals surface area contributed by atoms with Crippen LogP contribution in [0, 0.1) is 0 Å². The number of aromatic hydroxyl groups is 1. The molecule has 2 heterocycles. The maximum absolute atomic E-state index is 10.2. The monoisotopic (exact) mass is 502 g/mol. The van der Waals surface area contributed by atoms with Gasteiger partial charge < -0.3 is 21.5 Å². The van der Waals surface area contributed by atoms with E-state index >= 15 is 0 Å². The predicted octanol–water partition coefficient (Wildman–Crippen LogP) is 4.91. The number of nitrogens with zero attached hydrogens (tertiary/aromatic N) is 4. The van der Waals surface area contributed by atoms with Crippen molar-refractivity contribution in [2.24, 2.45) is 5.73 Å². The fraction of sp³-hybridized carbons (Fsp3) is 0.467. The second-order valence-corrected chi connectivity index (χ2v) is 10.1. The van der Waals surface area contributed by atoms with Crippen LogP contribution < -0.4 is 11.5 Å². The molecule has 0 amide bonds. The van der Waals surface area contributed by atoms with Gasteiger partial charge in [-0.1, -0.05) is 68.5 Å². The first kappa shape index (κ1) is 27.0. The van der Waals surface area contributed by atoms with Crippen molar-refractivity contribution < 1.29 is 5.11 Å². The first-order valence-corrected chi connectivity index (χ1v) is 13.8. The zero-order valence-corrected chi connectivity index (χ0v) is 22.0. The van der Waals surface area contributed by atoms with Crippen molar-refractivity contribution in [2.45, 2.75) is 51.5 Å². The summed E-state index contributed by atoms with van der Waals surface area (Å²) in [6, 6.07) is 17.6. The molecule has 0 atom stereocenters. The van der Waals surface area contributed by atoms with Gasteiger partial charge in [0.25, 0.3) is 0 Å². The topological polar surface area (TPSA) is 105 Å². The third-order valence-electron chi connectivity index (χ3n) is 7.32. The van der Waals surface area contributed by atoms with Crippen LogP contribution in [0.25, 0.3) is 22.4 Å². The molecule has 3 aromatic rings. The molecule has 4 rings (SSSR count). The molecular weight excluding hydrogens is 460 g/mol. The molecule has 7 nitrogen and oxygen atoms in total. The summed E-state index contributed by atoms with van der Waals surface area (Å²) >= 11 is 0. The Morgan fingerprint density at radius 3 is 2.08 bits per heavy atom. The number of nitrogen functional groups attached to an aromatic ring is 1. The molecule has 37 heavy (non-hydrogen) atoms. The molecule has 1 aromatic heterocycles. The number of para-hydroxylation sites is 1. The predicted molar refractivity (Wildman–Crippen MR) is 152 cm³/mol. The summed E-state index contributed by atoms with van der Waals surface area (Å²) < 4.78 is 0. The Balaban J connectivity index is 1.23. The van der Waals surface area contributed by atoms with Crippen LogP contribution in [0.15, 0.2) is 54.6 Å². The van der Waals surface area contributed by atoms with Crippen molar-refractivity contribution in [3.05, 3.63) is 60.2 Å². The quantitative estimate of drug-likeness (QED) is 0.285. The number of phenolic OH excluding ortho intramolecular Hbond substituents is 1. The first-order valence-electron chi connectivity index (χ1n) is 13.8. The van der Waals surface area contributed by atoms with Gasteiger partial charge >= 0.3 is 0 Å². The first-order chi connectivity index (χ1) is 18.1. The van der Waals surface area contributed by atoms with E-state index in [-0.39, 0.29) is 5.75 Å². The average molecular weight is 503 g/mol. The lowest BCUT2D eigenvalue weighted by Crippen LogP contribution is -2.46. The van der Waals surface area contributed by atoms with E-state index in [0.717, 1.165) is 50.4 Å². The number of hydrogen-bond acceptors (Lipinski definition) is 7. The number of rotatable bonds is 13. The fourth-order valence-electron chi connectivity index (χ4n) is 5.04. The van der Waals surface area contributed by atoms with E-state index in [1.54, 1.807) is 12.1 Å². The van der Waals surface area contributed by atoms with Gasteiger partial charge in [-0.15, -0.1) is 10.2 Å². The lowest BCUT2D eigenvalue weighted by atomic mass is 10.0. The number of nitrogens with two attached hydrogens (primary N) is 2. The minimum atomic E-state index is 0.178. The van der Waals surface area contributed by atoms with Gasteiger partial charge in [-0.3, -0.25) is 4.90 Å². The largest absolute Gasteiger partial charge is 0.507 e. The molecule has 0 unspecified atom stereocenters. The van der Waals surface area contributed by atoms with Crippen molar-refractivity contribution in [1.82, 2.24) is 20.0 Å². The van der Waals surface area contributed by atoms with Crippen molar-refractivity contribution in [1.29, 1.82) is 0 Å². The summed E-state index contributed by atoms with van der Waals surface area (Å²) in [5.74, 6) is 0.562. The van der Waals surface area contributed by atoms with Crippen LogP contribution >= 0.6 is 0 Å². The van der Waals surface area contributed by atoms with E-state index in [1.807, 2.05) is 18.2 Å². The highest BCUT2D eigenvalue weighted by Crippen LogP contribution is 2.32. The van der Waals surface area contributed by atoms with Crippen molar-refractivity contribution >= 4 is 5.82 Å². The highest BCUT2D eigenvalue weighted by Gasteiger charge is 2.17. The molecule has 1 saturated heterocycles.